The Morgan fingerprint density at radius 3 is 2.85 bits per heavy atom. The summed E-state index contributed by atoms with van der Waals surface area (Å²) in [7, 11) is 0. The molecule has 1 heterocycles. The van der Waals surface area contributed by atoms with Gasteiger partial charge in [0.2, 0.25) is 5.89 Å². The van der Waals surface area contributed by atoms with Gasteiger partial charge in [-0.1, -0.05) is 11.5 Å². The van der Waals surface area contributed by atoms with E-state index < -0.39 is 0 Å². The Morgan fingerprint density at radius 2 is 2.31 bits per heavy atom. The maximum Gasteiger partial charge on any atom is 0.315 e. The van der Waals surface area contributed by atoms with Gasteiger partial charge in [-0.2, -0.15) is 0 Å². The lowest BCUT2D eigenvalue weighted by Crippen LogP contribution is -2.20. The Balaban J connectivity index is 1.79. The highest BCUT2D eigenvalue weighted by atomic mass is 16.4. The van der Waals surface area contributed by atoms with E-state index in [2.05, 4.69) is 15.5 Å². The molecule has 5 nitrogen and oxygen atoms in total. The summed E-state index contributed by atoms with van der Waals surface area (Å²) in [6.07, 6.45) is 3.97. The van der Waals surface area contributed by atoms with Crippen molar-refractivity contribution < 1.29 is 4.42 Å². The quantitative estimate of drug-likeness (QED) is 0.718. The summed E-state index contributed by atoms with van der Waals surface area (Å²) < 4.78 is 5.19. The minimum Gasteiger partial charge on any atom is -0.407 e. The number of anilines is 1. The first-order valence-electron chi connectivity index (χ1n) is 4.65. The van der Waals surface area contributed by atoms with Gasteiger partial charge < -0.3 is 15.5 Å². The molecule has 72 valence electrons. The van der Waals surface area contributed by atoms with Gasteiger partial charge in [-0.05, 0) is 18.8 Å². The molecule has 0 bridgehead atoms. The van der Waals surface area contributed by atoms with Crippen molar-refractivity contribution in [3.05, 3.63) is 5.89 Å². The summed E-state index contributed by atoms with van der Waals surface area (Å²) in [4.78, 5) is 0. The second-order valence-corrected chi connectivity index (χ2v) is 3.38. The maximum atomic E-state index is 5.33. The van der Waals surface area contributed by atoms with Gasteiger partial charge in [0.05, 0.1) is 6.54 Å². The average molecular weight is 182 g/mol. The molecule has 0 saturated heterocycles. The number of hydrogen-bond donors (Lipinski definition) is 2. The van der Waals surface area contributed by atoms with Crippen LogP contribution in [-0.4, -0.2) is 16.7 Å². The van der Waals surface area contributed by atoms with Crippen LogP contribution in [0.3, 0.4) is 0 Å². The monoisotopic (exact) mass is 182 g/mol. The van der Waals surface area contributed by atoms with Crippen LogP contribution in [0.2, 0.25) is 0 Å². The summed E-state index contributed by atoms with van der Waals surface area (Å²) >= 11 is 0. The standard InChI is InChI=1S/C8H14N4O/c9-4-7-11-12-8(13-7)10-5-6-2-1-3-6/h6H,1-5,9H2,(H,10,12). The van der Waals surface area contributed by atoms with Crippen LogP contribution >= 0.6 is 0 Å². The number of nitrogens with one attached hydrogen (secondary N) is 1. The molecular formula is C8H14N4O. The zero-order valence-corrected chi connectivity index (χ0v) is 7.49. The maximum absolute atomic E-state index is 5.33. The SMILES string of the molecule is NCc1nnc(NCC2CCC2)o1. The molecule has 0 atom stereocenters. The average Bonchev–Trinajstić information content (AvgIpc) is 2.49. The Hall–Kier alpha value is -1.10. The molecular weight excluding hydrogens is 168 g/mol. The van der Waals surface area contributed by atoms with Crippen LogP contribution in [0.15, 0.2) is 4.42 Å². The van der Waals surface area contributed by atoms with E-state index in [-0.39, 0.29) is 0 Å². The number of nitrogens with zero attached hydrogens (tertiary/aromatic N) is 2. The van der Waals surface area contributed by atoms with Crippen LogP contribution in [0.25, 0.3) is 0 Å². The molecule has 1 aromatic heterocycles. The normalized spacial score (nSPS) is 17.0. The molecule has 1 aliphatic rings. The Kier molecular flexibility index (Phi) is 2.44. The van der Waals surface area contributed by atoms with E-state index in [1.54, 1.807) is 0 Å². The third-order valence-electron chi connectivity index (χ3n) is 2.41. The van der Waals surface area contributed by atoms with E-state index >= 15 is 0 Å². The second-order valence-electron chi connectivity index (χ2n) is 3.38. The van der Waals surface area contributed by atoms with Gasteiger partial charge in [0.1, 0.15) is 0 Å². The van der Waals surface area contributed by atoms with Gasteiger partial charge in [0, 0.05) is 6.54 Å². The molecule has 0 radical (unpaired) electrons. The zero-order valence-electron chi connectivity index (χ0n) is 7.49. The first-order valence-corrected chi connectivity index (χ1v) is 4.65. The van der Waals surface area contributed by atoms with Crippen molar-refractivity contribution in [1.82, 2.24) is 10.2 Å². The summed E-state index contributed by atoms with van der Waals surface area (Å²) in [6, 6.07) is 0.493. The third kappa shape index (κ3) is 1.98. The van der Waals surface area contributed by atoms with Crippen LogP contribution in [0.1, 0.15) is 25.2 Å². The van der Waals surface area contributed by atoms with Crippen LogP contribution in [0, 0.1) is 5.92 Å². The van der Waals surface area contributed by atoms with E-state index in [4.69, 9.17) is 10.2 Å². The van der Waals surface area contributed by atoms with Crippen LogP contribution in [0.5, 0.6) is 0 Å². The van der Waals surface area contributed by atoms with Gasteiger partial charge in [0.25, 0.3) is 0 Å². The van der Waals surface area contributed by atoms with E-state index in [0.717, 1.165) is 12.5 Å². The van der Waals surface area contributed by atoms with Crippen molar-refractivity contribution in [2.45, 2.75) is 25.8 Å². The highest BCUT2D eigenvalue weighted by molar-refractivity contribution is 5.17. The smallest absolute Gasteiger partial charge is 0.315 e. The van der Waals surface area contributed by atoms with E-state index in [0.29, 0.717) is 18.5 Å². The first-order chi connectivity index (χ1) is 6.38. The third-order valence-corrected chi connectivity index (χ3v) is 2.41. The molecule has 0 spiro atoms. The van der Waals surface area contributed by atoms with Gasteiger partial charge in [-0.3, -0.25) is 0 Å². The van der Waals surface area contributed by atoms with Crippen molar-refractivity contribution in [3.63, 3.8) is 0 Å². The molecule has 2 rings (SSSR count). The Morgan fingerprint density at radius 1 is 1.46 bits per heavy atom. The van der Waals surface area contributed by atoms with Crippen LogP contribution < -0.4 is 11.1 Å². The minimum absolute atomic E-state index is 0.304. The first kappa shape index (κ1) is 8.50. The largest absolute Gasteiger partial charge is 0.407 e. The number of aromatic nitrogens is 2. The van der Waals surface area contributed by atoms with Crippen molar-refractivity contribution in [3.8, 4) is 0 Å². The lowest BCUT2D eigenvalue weighted by molar-refractivity contribution is 0.330. The van der Waals surface area contributed by atoms with E-state index in [1.165, 1.54) is 19.3 Å². The van der Waals surface area contributed by atoms with E-state index in [1.807, 2.05) is 0 Å². The summed E-state index contributed by atoms with van der Waals surface area (Å²) in [5, 5.41) is 10.7. The summed E-state index contributed by atoms with van der Waals surface area (Å²) in [6.45, 7) is 1.24. The topological polar surface area (TPSA) is 77.0 Å². The molecule has 5 heteroatoms. The molecule has 0 aromatic carbocycles. The molecule has 3 N–H and O–H groups in total. The molecule has 0 amide bonds. The fourth-order valence-electron chi connectivity index (χ4n) is 1.34. The number of nitrogens with two attached hydrogens (primary N) is 1. The number of rotatable bonds is 4. The summed E-state index contributed by atoms with van der Waals surface area (Å²) in [5.74, 6) is 1.27. The molecule has 1 aliphatic carbocycles. The fourth-order valence-corrected chi connectivity index (χ4v) is 1.34. The summed E-state index contributed by atoms with van der Waals surface area (Å²) in [5.41, 5.74) is 5.33. The van der Waals surface area contributed by atoms with Gasteiger partial charge in [-0.25, -0.2) is 0 Å². The van der Waals surface area contributed by atoms with Crippen molar-refractivity contribution in [2.75, 3.05) is 11.9 Å². The van der Waals surface area contributed by atoms with Crippen LogP contribution in [0.4, 0.5) is 6.01 Å². The molecule has 1 aromatic rings. The number of hydrogen-bond acceptors (Lipinski definition) is 5. The fraction of sp³-hybridized carbons (Fsp3) is 0.750. The lowest BCUT2D eigenvalue weighted by Gasteiger charge is -2.24. The molecule has 1 fully saturated rings. The molecule has 13 heavy (non-hydrogen) atoms. The van der Waals surface area contributed by atoms with Crippen molar-refractivity contribution >= 4 is 6.01 Å². The van der Waals surface area contributed by atoms with Crippen LogP contribution in [-0.2, 0) is 6.54 Å². The predicted octanol–water partition coefficient (Wildman–Crippen LogP) is 0.740. The zero-order chi connectivity index (χ0) is 9.10. The van der Waals surface area contributed by atoms with Crippen molar-refractivity contribution in [1.29, 1.82) is 0 Å². The van der Waals surface area contributed by atoms with Gasteiger partial charge >= 0.3 is 6.01 Å². The second kappa shape index (κ2) is 3.74. The van der Waals surface area contributed by atoms with Gasteiger partial charge in [0.15, 0.2) is 0 Å². The minimum atomic E-state index is 0.304. The van der Waals surface area contributed by atoms with Gasteiger partial charge in [-0.15, -0.1) is 5.10 Å². The van der Waals surface area contributed by atoms with E-state index in [9.17, 15) is 0 Å². The predicted molar refractivity (Wildman–Crippen MR) is 48.0 cm³/mol. The molecule has 0 aliphatic heterocycles. The Bertz CT molecular complexity index is 269. The molecule has 1 saturated carbocycles. The van der Waals surface area contributed by atoms with Crippen molar-refractivity contribution in [2.24, 2.45) is 11.7 Å². The highest BCUT2D eigenvalue weighted by Crippen LogP contribution is 2.26. The highest BCUT2D eigenvalue weighted by Gasteiger charge is 2.17. The molecule has 0 unspecified atom stereocenters. The Labute approximate surface area is 76.7 Å². The lowest BCUT2D eigenvalue weighted by atomic mass is 9.85.